The van der Waals surface area contributed by atoms with E-state index in [1.165, 1.54) is 13.8 Å². The second-order valence-corrected chi connectivity index (χ2v) is 7.32. The van der Waals surface area contributed by atoms with Crippen LogP contribution in [0.1, 0.15) is 13.8 Å². The SMILES string of the molecule is CC1(C)C(=O)N(c2cccc(Br)c2)S1(=O)=O. The molecule has 0 unspecified atom stereocenters. The van der Waals surface area contributed by atoms with Crippen LogP contribution in [0.15, 0.2) is 28.7 Å². The van der Waals surface area contributed by atoms with Gasteiger partial charge in [0.15, 0.2) is 4.75 Å². The molecule has 6 heteroatoms. The van der Waals surface area contributed by atoms with E-state index in [1.54, 1.807) is 24.3 Å². The Morgan fingerprint density at radius 1 is 1.31 bits per heavy atom. The van der Waals surface area contributed by atoms with Crippen molar-refractivity contribution < 1.29 is 13.2 Å². The highest BCUT2D eigenvalue weighted by Crippen LogP contribution is 2.39. The molecule has 1 amide bonds. The molecule has 0 aliphatic carbocycles. The van der Waals surface area contributed by atoms with E-state index in [2.05, 4.69) is 15.9 Å². The molecule has 86 valence electrons. The third kappa shape index (κ3) is 1.33. The Morgan fingerprint density at radius 3 is 2.44 bits per heavy atom. The number of sulfonamides is 1. The zero-order valence-corrected chi connectivity index (χ0v) is 11.2. The third-order valence-electron chi connectivity index (χ3n) is 2.63. The number of anilines is 1. The molecule has 0 saturated carbocycles. The zero-order chi connectivity index (χ0) is 12.1. The van der Waals surface area contributed by atoms with Crippen molar-refractivity contribution in [3.8, 4) is 0 Å². The van der Waals surface area contributed by atoms with Gasteiger partial charge in [0, 0.05) is 4.47 Å². The molecular weight excluding hydrogens is 294 g/mol. The Labute approximate surface area is 102 Å². The average Bonchev–Trinajstić information content (AvgIpc) is 2.17. The van der Waals surface area contributed by atoms with Crippen molar-refractivity contribution in [3.05, 3.63) is 28.7 Å². The van der Waals surface area contributed by atoms with E-state index in [0.29, 0.717) is 5.69 Å². The highest BCUT2D eigenvalue weighted by molar-refractivity contribution is 9.10. The number of hydrogen-bond donors (Lipinski definition) is 0. The molecule has 1 aromatic carbocycles. The lowest BCUT2D eigenvalue weighted by molar-refractivity contribution is -0.120. The standard InChI is InChI=1S/C10H10BrNO3S/c1-10(2)9(13)12(16(10,14)15)8-5-3-4-7(11)6-8/h3-6H,1-2H3. The zero-order valence-electron chi connectivity index (χ0n) is 8.77. The molecule has 0 N–H and O–H groups in total. The summed E-state index contributed by atoms with van der Waals surface area (Å²) in [6.45, 7) is 2.83. The van der Waals surface area contributed by atoms with Gasteiger partial charge in [0.2, 0.25) is 0 Å². The van der Waals surface area contributed by atoms with Crippen LogP contribution in [-0.4, -0.2) is 19.1 Å². The summed E-state index contributed by atoms with van der Waals surface area (Å²) < 4.78 is 24.0. The second-order valence-electron chi connectivity index (χ2n) is 4.06. The van der Waals surface area contributed by atoms with Crippen molar-refractivity contribution >= 4 is 37.5 Å². The minimum Gasteiger partial charge on any atom is -0.272 e. The van der Waals surface area contributed by atoms with Crippen molar-refractivity contribution in [2.24, 2.45) is 0 Å². The van der Waals surface area contributed by atoms with Gasteiger partial charge in [-0.15, -0.1) is 0 Å². The smallest absolute Gasteiger partial charge is 0.263 e. The minimum absolute atomic E-state index is 0.374. The Hall–Kier alpha value is -0.880. The van der Waals surface area contributed by atoms with Crippen molar-refractivity contribution in [2.45, 2.75) is 18.6 Å². The van der Waals surface area contributed by atoms with E-state index in [4.69, 9.17) is 0 Å². The first-order valence-corrected chi connectivity index (χ1v) is 6.86. The number of hydrogen-bond acceptors (Lipinski definition) is 3. The predicted octanol–water partition coefficient (Wildman–Crippen LogP) is 1.90. The summed E-state index contributed by atoms with van der Waals surface area (Å²) in [7, 11) is -3.56. The molecular formula is C10H10BrNO3S. The number of halogens is 1. The van der Waals surface area contributed by atoms with Crippen LogP contribution in [0.4, 0.5) is 5.69 Å². The second kappa shape index (κ2) is 3.30. The normalized spacial score (nSPS) is 21.7. The van der Waals surface area contributed by atoms with Crippen molar-refractivity contribution in [2.75, 3.05) is 4.31 Å². The van der Waals surface area contributed by atoms with E-state index in [9.17, 15) is 13.2 Å². The van der Waals surface area contributed by atoms with Gasteiger partial charge < -0.3 is 0 Å². The van der Waals surface area contributed by atoms with Gasteiger partial charge in [0.1, 0.15) is 0 Å². The average molecular weight is 304 g/mol. The van der Waals surface area contributed by atoms with E-state index in [-0.39, 0.29) is 0 Å². The summed E-state index contributed by atoms with van der Waals surface area (Å²) in [6.07, 6.45) is 0. The van der Waals surface area contributed by atoms with Gasteiger partial charge in [-0.2, -0.15) is 0 Å². The summed E-state index contributed by atoms with van der Waals surface area (Å²) >= 11 is 3.24. The van der Waals surface area contributed by atoms with Crippen molar-refractivity contribution in [3.63, 3.8) is 0 Å². The first-order chi connectivity index (χ1) is 7.28. The van der Waals surface area contributed by atoms with Crippen LogP contribution >= 0.6 is 15.9 Å². The summed E-state index contributed by atoms with van der Waals surface area (Å²) in [4.78, 5) is 11.7. The third-order valence-corrected chi connectivity index (χ3v) is 5.44. The molecule has 1 fully saturated rings. The van der Waals surface area contributed by atoms with Crippen LogP contribution in [0.5, 0.6) is 0 Å². The van der Waals surface area contributed by atoms with E-state index < -0.39 is 20.7 Å². The fourth-order valence-electron chi connectivity index (χ4n) is 1.51. The van der Waals surface area contributed by atoms with Gasteiger partial charge >= 0.3 is 0 Å². The lowest BCUT2D eigenvalue weighted by Gasteiger charge is -2.42. The fraction of sp³-hybridized carbons (Fsp3) is 0.300. The molecule has 0 atom stereocenters. The number of amides is 1. The van der Waals surface area contributed by atoms with Gasteiger partial charge in [-0.05, 0) is 32.0 Å². The largest absolute Gasteiger partial charge is 0.272 e. The van der Waals surface area contributed by atoms with Crippen LogP contribution in [0.2, 0.25) is 0 Å². The quantitative estimate of drug-likeness (QED) is 0.796. The molecule has 1 aliphatic heterocycles. The molecule has 0 radical (unpaired) electrons. The van der Waals surface area contributed by atoms with Gasteiger partial charge in [0.25, 0.3) is 15.9 Å². The maximum Gasteiger partial charge on any atom is 0.263 e. The van der Waals surface area contributed by atoms with Gasteiger partial charge in [0.05, 0.1) is 5.69 Å². The van der Waals surface area contributed by atoms with Gasteiger partial charge in [-0.25, -0.2) is 12.7 Å². The molecule has 0 bridgehead atoms. The first-order valence-electron chi connectivity index (χ1n) is 4.63. The first kappa shape index (κ1) is 11.6. The summed E-state index contributed by atoms with van der Waals surface area (Å²) in [5, 5.41) is 0. The molecule has 0 aromatic heterocycles. The lowest BCUT2D eigenvalue weighted by atomic mass is 10.1. The predicted molar refractivity (Wildman–Crippen MR) is 64.6 cm³/mol. The maximum atomic E-state index is 11.9. The van der Waals surface area contributed by atoms with Crippen LogP contribution in [0.25, 0.3) is 0 Å². The summed E-state index contributed by atoms with van der Waals surface area (Å²) in [5.74, 6) is -0.398. The van der Waals surface area contributed by atoms with E-state index in [1.807, 2.05) is 0 Å². The summed E-state index contributed by atoms with van der Waals surface area (Å²) in [5.41, 5.74) is 0.374. The number of benzene rings is 1. The molecule has 4 nitrogen and oxygen atoms in total. The summed E-state index contributed by atoms with van der Waals surface area (Å²) in [6, 6.07) is 6.65. The van der Waals surface area contributed by atoms with Gasteiger partial charge in [-0.3, -0.25) is 4.79 Å². The van der Waals surface area contributed by atoms with Crippen LogP contribution in [0.3, 0.4) is 0 Å². The fourth-order valence-corrected chi connectivity index (χ4v) is 3.37. The molecule has 16 heavy (non-hydrogen) atoms. The van der Waals surface area contributed by atoms with Crippen LogP contribution in [0, 0.1) is 0 Å². The number of rotatable bonds is 1. The number of nitrogens with zero attached hydrogens (tertiary/aromatic N) is 1. The number of carbonyl (C=O) groups excluding carboxylic acids is 1. The Morgan fingerprint density at radius 2 is 1.94 bits per heavy atom. The molecule has 2 rings (SSSR count). The highest BCUT2D eigenvalue weighted by atomic mass is 79.9. The minimum atomic E-state index is -3.56. The van der Waals surface area contributed by atoms with E-state index in [0.717, 1.165) is 8.78 Å². The molecule has 1 aliphatic rings. The number of carbonyl (C=O) groups is 1. The van der Waals surface area contributed by atoms with Gasteiger partial charge in [-0.1, -0.05) is 22.0 Å². The molecule has 0 spiro atoms. The monoisotopic (exact) mass is 303 g/mol. The highest BCUT2D eigenvalue weighted by Gasteiger charge is 2.60. The van der Waals surface area contributed by atoms with Crippen molar-refractivity contribution in [1.82, 2.24) is 0 Å². The Kier molecular flexibility index (Phi) is 2.40. The molecule has 1 saturated heterocycles. The van der Waals surface area contributed by atoms with E-state index >= 15 is 0 Å². The Balaban J connectivity index is 2.50. The molecule has 1 heterocycles. The maximum absolute atomic E-state index is 11.9. The van der Waals surface area contributed by atoms with Crippen LogP contribution in [-0.2, 0) is 14.8 Å². The lowest BCUT2D eigenvalue weighted by Crippen LogP contribution is -2.67. The topological polar surface area (TPSA) is 54.5 Å². The van der Waals surface area contributed by atoms with Crippen LogP contribution < -0.4 is 4.31 Å². The Bertz CT molecular complexity index is 565. The van der Waals surface area contributed by atoms with Crippen molar-refractivity contribution in [1.29, 1.82) is 0 Å². The molecule has 1 aromatic rings.